The minimum absolute atomic E-state index is 0.125. The summed E-state index contributed by atoms with van der Waals surface area (Å²) in [6, 6.07) is -0.851. The standard InChI is InChI=1S/C13H23NO7/c1-4-9(17)21-12-10(14-7(3)16)13(19-5-2)20-8(6-15)11(12)18/h8,10-13,15,18H,4-6H2,1-3H3,(H,14,16). The van der Waals surface area contributed by atoms with E-state index in [4.69, 9.17) is 14.2 Å². The van der Waals surface area contributed by atoms with Crippen molar-refractivity contribution in [2.45, 2.75) is 57.8 Å². The number of hydrogen-bond acceptors (Lipinski definition) is 7. The van der Waals surface area contributed by atoms with Gasteiger partial charge in [-0.05, 0) is 6.92 Å². The van der Waals surface area contributed by atoms with Gasteiger partial charge >= 0.3 is 5.97 Å². The van der Waals surface area contributed by atoms with Crippen molar-refractivity contribution in [3.8, 4) is 0 Å². The molecule has 122 valence electrons. The smallest absolute Gasteiger partial charge is 0.305 e. The number of carbonyl (C=O) groups excluding carboxylic acids is 2. The molecule has 1 heterocycles. The zero-order valence-electron chi connectivity index (χ0n) is 12.4. The van der Waals surface area contributed by atoms with Crippen LogP contribution >= 0.6 is 0 Å². The quantitative estimate of drug-likeness (QED) is 0.535. The summed E-state index contributed by atoms with van der Waals surface area (Å²) in [4.78, 5) is 22.9. The van der Waals surface area contributed by atoms with Crippen molar-refractivity contribution in [2.24, 2.45) is 0 Å². The normalized spacial score (nSPS) is 32.5. The lowest BCUT2D eigenvalue weighted by Crippen LogP contribution is -2.65. The van der Waals surface area contributed by atoms with E-state index in [-0.39, 0.29) is 12.3 Å². The highest BCUT2D eigenvalue weighted by Crippen LogP contribution is 2.25. The first-order valence-corrected chi connectivity index (χ1v) is 6.97. The van der Waals surface area contributed by atoms with Gasteiger partial charge in [0.05, 0.1) is 6.61 Å². The van der Waals surface area contributed by atoms with Crippen LogP contribution in [-0.4, -0.2) is 65.9 Å². The lowest BCUT2D eigenvalue weighted by molar-refractivity contribution is -0.272. The SMILES string of the molecule is CCOC1OC(CO)C(O)C(OC(=O)CC)C1NC(C)=O. The maximum Gasteiger partial charge on any atom is 0.305 e. The van der Waals surface area contributed by atoms with E-state index in [1.807, 2.05) is 0 Å². The van der Waals surface area contributed by atoms with Crippen LogP contribution in [0.5, 0.6) is 0 Å². The summed E-state index contributed by atoms with van der Waals surface area (Å²) in [5.74, 6) is -0.899. The predicted octanol–water partition coefficient (Wildman–Crippen LogP) is -1.07. The van der Waals surface area contributed by atoms with E-state index in [9.17, 15) is 19.8 Å². The third-order valence-corrected chi connectivity index (χ3v) is 3.11. The summed E-state index contributed by atoms with van der Waals surface area (Å²) in [6.07, 6.45) is -4.07. The van der Waals surface area contributed by atoms with Crippen LogP contribution in [0.3, 0.4) is 0 Å². The van der Waals surface area contributed by atoms with Crippen LogP contribution in [0.4, 0.5) is 0 Å². The number of carbonyl (C=O) groups is 2. The van der Waals surface area contributed by atoms with Crippen LogP contribution in [0.2, 0.25) is 0 Å². The molecular formula is C13H23NO7. The highest BCUT2D eigenvalue weighted by Gasteiger charge is 2.48. The predicted molar refractivity (Wildman–Crippen MR) is 71.2 cm³/mol. The van der Waals surface area contributed by atoms with Gasteiger partial charge in [0.1, 0.15) is 18.2 Å². The Labute approximate surface area is 123 Å². The van der Waals surface area contributed by atoms with E-state index >= 15 is 0 Å². The maximum atomic E-state index is 11.5. The van der Waals surface area contributed by atoms with Gasteiger partial charge in [0, 0.05) is 20.0 Å². The molecule has 3 N–H and O–H groups in total. The van der Waals surface area contributed by atoms with Crippen molar-refractivity contribution >= 4 is 11.9 Å². The molecule has 5 unspecified atom stereocenters. The van der Waals surface area contributed by atoms with E-state index in [1.54, 1.807) is 13.8 Å². The number of esters is 1. The Balaban J connectivity index is 2.99. The minimum atomic E-state index is -1.26. The first-order chi connectivity index (χ1) is 9.94. The fourth-order valence-corrected chi connectivity index (χ4v) is 2.14. The number of amides is 1. The summed E-state index contributed by atoms with van der Waals surface area (Å²) in [5, 5.41) is 22.0. The van der Waals surface area contributed by atoms with Gasteiger partial charge in [-0.3, -0.25) is 9.59 Å². The van der Waals surface area contributed by atoms with Gasteiger partial charge in [-0.15, -0.1) is 0 Å². The molecular weight excluding hydrogens is 282 g/mol. The molecule has 1 aliphatic rings. The molecule has 1 rings (SSSR count). The Kier molecular flexibility index (Phi) is 7.03. The van der Waals surface area contributed by atoms with Crippen molar-refractivity contribution in [1.29, 1.82) is 0 Å². The second kappa shape index (κ2) is 8.28. The Morgan fingerprint density at radius 2 is 2.00 bits per heavy atom. The van der Waals surface area contributed by atoms with E-state index in [1.165, 1.54) is 6.92 Å². The summed E-state index contributed by atoms with van der Waals surface area (Å²) in [5.41, 5.74) is 0. The molecule has 1 aliphatic heterocycles. The molecule has 0 aromatic carbocycles. The molecule has 5 atom stereocenters. The lowest BCUT2D eigenvalue weighted by atomic mass is 9.96. The van der Waals surface area contributed by atoms with Gasteiger partial charge in [-0.2, -0.15) is 0 Å². The molecule has 1 saturated heterocycles. The fraction of sp³-hybridized carbons (Fsp3) is 0.846. The average Bonchev–Trinajstić information content (AvgIpc) is 2.44. The molecule has 1 amide bonds. The van der Waals surface area contributed by atoms with E-state index < -0.39 is 43.2 Å². The van der Waals surface area contributed by atoms with Gasteiger partial charge < -0.3 is 29.7 Å². The average molecular weight is 305 g/mol. The number of aliphatic hydroxyl groups is 2. The van der Waals surface area contributed by atoms with Crippen molar-refractivity contribution in [1.82, 2.24) is 5.32 Å². The van der Waals surface area contributed by atoms with Gasteiger partial charge in [-0.25, -0.2) is 0 Å². The molecule has 8 nitrogen and oxygen atoms in total. The van der Waals surface area contributed by atoms with E-state index in [0.717, 1.165) is 0 Å². The molecule has 0 spiro atoms. The molecule has 0 saturated carbocycles. The van der Waals surface area contributed by atoms with Crippen LogP contribution in [0, 0.1) is 0 Å². The summed E-state index contributed by atoms with van der Waals surface area (Å²) < 4.78 is 16.0. The molecule has 8 heteroatoms. The van der Waals surface area contributed by atoms with Crippen LogP contribution < -0.4 is 5.32 Å². The Bertz CT molecular complexity index is 362. The number of nitrogens with one attached hydrogen (secondary N) is 1. The second-order valence-electron chi connectivity index (χ2n) is 4.71. The molecule has 0 radical (unpaired) electrons. The van der Waals surface area contributed by atoms with Gasteiger partial charge in [0.15, 0.2) is 12.4 Å². The van der Waals surface area contributed by atoms with Gasteiger partial charge in [0.2, 0.25) is 5.91 Å². The van der Waals surface area contributed by atoms with Gasteiger partial charge in [0.25, 0.3) is 0 Å². The second-order valence-corrected chi connectivity index (χ2v) is 4.71. The highest BCUT2D eigenvalue weighted by molar-refractivity contribution is 5.73. The van der Waals surface area contributed by atoms with Crippen LogP contribution in [0.15, 0.2) is 0 Å². The molecule has 0 bridgehead atoms. The third-order valence-electron chi connectivity index (χ3n) is 3.11. The number of ether oxygens (including phenoxy) is 3. The highest BCUT2D eigenvalue weighted by atomic mass is 16.7. The number of aliphatic hydroxyl groups excluding tert-OH is 2. The van der Waals surface area contributed by atoms with Crippen molar-refractivity contribution < 1.29 is 34.0 Å². The topological polar surface area (TPSA) is 114 Å². The number of hydrogen-bond donors (Lipinski definition) is 3. The summed E-state index contributed by atoms with van der Waals surface area (Å²) >= 11 is 0. The zero-order chi connectivity index (χ0) is 16.0. The third kappa shape index (κ3) is 4.63. The van der Waals surface area contributed by atoms with Crippen LogP contribution in [0.25, 0.3) is 0 Å². The first-order valence-electron chi connectivity index (χ1n) is 6.97. The van der Waals surface area contributed by atoms with Crippen LogP contribution in [-0.2, 0) is 23.8 Å². The Morgan fingerprint density at radius 1 is 1.33 bits per heavy atom. The van der Waals surface area contributed by atoms with E-state index in [2.05, 4.69) is 5.32 Å². The Morgan fingerprint density at radius 3 is 2.48 bits per heavy atom. The molecule has 21 heavy (non-hydrogen) atoms. The van der Waals surface area contributed by atoms with Crippen LogP contribution in [0.1, 0.15) is 27.2 Å². The largest absolute Gasteiger partial charge is 0.457 e. The molecule has 0 aromatic heterocycles. The monoisotopic (exact) mass is 305 g/mol. The zero-order valence-corrected chi connectivity index (χ0v) is 12.4. The molecule has 0 aliphatic carbocycles. The van der Waals surface area contributed by atoms with Gasteiger partial charge in [-0.1, -0.05) is 6.92 Å². The van der Waals surface area contributed by atoms with Crippen molar-refractivity contribution in [3.05, 3.63) is 0 Å². The van der Waals surface area contributed by atoms with Crippen molar-refractivity contribution in [2.75, 3.05) is 13.2 Å². The van der Waals surface area contributed by atoms with Crippen molar-refractivity contribution in [3.63, 3.8) is 0 Å². The minimum Gasteiger partial charge on any atom is -0.457 e. The fourth-order valence-electron chi connectivity index (χ4n) is 2.14. The van der Waals surface area contributed by atoms with E-state index in [0.29, 0.717) is 6.61 Å². The summed E-state index contributed by atoms with van der Waals surface area (Å²) in [7, 11) is 0. The molecule has 0 aromatic rings. The summed E-state index contributed by atoms with van der Waals surface area (Å²) in [6.45, 7) is 4.48. The Hall–Kier alpha value is -1.22. The number of rotatable bonds is 6. The lowest BCUT2D eigenvalue weighted by Gasteiger charge is -2.43. The maximum absolute atomic E-state index is 11.5. The first kappa shape index (κ1) is 17.8. The molecule has 1 fully saturated rings.